The highest BCUT2D eigenvalue weighted by molar-refractivity contribution is 6.33. The number of rotatable bonds is 3. The molecule has 0 atom stereocenters. The van der Waals surface area contributed by atoms with Crippen LogP contribution in [0.15, 0.2) is 35.5 Å². The largest absolute Gasteiger partial charge is 0.507 e. The average Bonchev–Trinajstić information content (AvgIpc) is 2.63. The van der Waals surface area contributed by atoms with Crippen LogP contribution in [0.5, 0.6) is 11.5 Å². The first-order chi connectivity index (χ1) is 13.0. The number of phenols is 2. The van der Waals surface area contributed by atoms with Crippen LogP contribution in [0.25, 0.3) is 0 Å². The summed E-state index contributed by atoms with van der Waals surface area (Å²) in [4.78, 5) is 17.8. The number of nitrogens with zero attached hydrogens (tertiary/aromatic N) is 1. The highest BCUT2D eigenvalue weighted by atomic mass is 35.5. The van der Waals surface area contributed by atoms with Gasteiger partial charge >= 0.3 is 5.97 Å². The number of esters is 1. The highest BCUT2D eigenvalue weighted by Crippen LogP contribution is 2.37. The lowest BCUT2D eigenvalue weighted by atomic mass is 9.99. The van der Waals surface area contributed by atoms with Crippen molar-refractivity contribution in [2.75, 3.05) is 13.2 Å². The first-order valence-electron chi connectivity index (χ1n) is 8.95. The van der Waals surface area contributed by atoms with Gasteiger partial charge < -0.3 is 19.8 Å². The Hall–Kier alpha value is -2.47. The van der Waals surface area contributed by atoms with Gasteiger partial charge in [0, 0.05) is 12.5 Å². The summed E-state index contributed by atoms with van der Waals surface area (Å²) < 4.78 is 5.24. The number of aromatic hydroxyl groups is 2. The molecule has 6 nitrogen and oxygen atoms in total. The van der Waals surface area contributed by atoms with Gasteiger partial charge in [-0.2, -0.15) is 0 Å². The number of benzene rings is 1. The number of ether oxygens (including phenoxy) is 1. The summed E-state index contributed by atoms with van der Waals surface area (Å²) in [5, 5.41) is 24.3. The van der Waals surface area contributed by atoms with Crippen molar-refractivity contribution in [1.82, 2.24) is 0 Å². The third-order valence-corrected chi connectivity index (χ3v) is 4.28. The van der Waals surface area contributed by atoms with Crippen molar-refractivity contribution in [1.29, 1.82) is 0 Å². The van der Waals surface area contributed by atoms with Crippen LogP contribution in [0, 0.1) is 0 Å². The third-order valence-electron chi connectivity index (χ3n) is 3.86. The zero-order valence-electron chi connectivity index (χ0n) is 15.3. The molecule has 0 saturated carbocycles. The number of oxime groups is 1. The molecule has 7 heteroatoms. The zero-order valence-corrected chi connectivity index (χ0v) is 16.0. The second-order valence-corrected chi connectivity index (χ2v) is 6.43. The van der Waals surface area contributed by atoms with Crippen molar-refractivity contribution in [2.24, 2.45) is 5.16 Å². The lowest BCUT2D eigenvalue weighted by molar-refractivity contribution is 0.0507. The van der Waals surface area contributed by atoms with Gasteiger partial charge in [-0.3, -0.25) is 0 Å². The van der Waals surface area contributed by atoms with Crippen LogP contribution in [-0.4, -0.2) is 35.1 Å². The van der Waals surface area contributed by atoms with E-state index < -0.39 is 11.7 Å². The fourth-order valence-corrected chi connectivity index (χ4v) is 2.76. The molecule has 0 unspecified atom stereocenters. The topological polar surface area (TPSA) is 88.4 Å². The molecule has 1 aliphatic rings. The van der Waals surface area contributed by atoms with Gasteiger partial charge in [0.05, 0.1) is 17.3 Å². The maximum Gasteiger partial charge on any atom is 0.342 e. The van der Waals surface area contributed by atoms with E-state index >= 15 is 0 Å². The molecule has 2 N–H and O–H groups in total. The minimum absolute atomic E-state index is 0.0247. The maximum atomic E-state index is 12.5. The van der Waals surface area contributed by atoms with Crippen LogP contribution in [-0.2, 0) is 16.0 Å². The summed E-state index contributed by atoms with van der Waals surface area (Å²) in [6, 6.07) is 1.03. The Morgan fingerprint density at radius 3 is 2.70 bits per heavy atom. The molecule has 0 spiro atoms. The summed E-state index contributed by atoms with van der Waals surface area (Å²) >= 11 is 6.23. The average molecular weight is 394 g/mol. The summed E-state index contributed by atoms with van der Waals surface area (Å²) in [7, 11) is 0. The highest BCUT2D eigenvalue weighted by Gasteiger charge is 2.24. The zero-order chi connectivity index (χ0) is 19.6. The van der Waals surface area contributed by atoms with Gasteiger partial charge in [0.25, 0.3) is 0 Å². The molecule has 0 aromatic heterocycles. The lowest BCUT2D eigenvalue weighted by Crippen LogP contribution is -2.13. The van der Waals surface area contributed by atoms with E-state index in [1.807, 2.05) is 25.2 Å². The van der Waals surface area contributed by atoms with Crippen molar-refractivity contribution in [3.8, 4) is 11.5 Å². The first-order valence-corrected chi connectivity index (χ1v) is 9.33. The second-order valence-electron chi connectivity index (χ2n) is 6.05. The molecule has 1 aromatic rings. The predicted octanol–water partition coefficient (Wildman–Crippen LogP) is 4.53. The number of hydrogen-bond donors (Lipinski definition) is 2. The van der Waals surface area contributed by atoms with Crippen LogP contribution in [0.1, 0.15) is 48.5 Å². The molecular formula is C20H24ClNO5. The molecule has 0 bridgehead atoms. The van der Waals surface area contributed by atoms with E-state index in [1.54, 1.807) is 6.08 Å². The number of phenolic OH excluding ortho intramolecular Hbond substituents is 2. The summed E-state index contributed by atoms with van der Waals surface area (Å²) in [5.74, 6) is -1.41. The summed E-state index contributed by atoms with van der Waals surface area (Å²) in [6.07, 6.45) is 10.9. The van der Waals surface area contributed by atoms with Gasteiger partial charge in [-0.15, -0.1) is 0 Å². The fourth-order valence-electron chi connectivity index (χ4n) is 2.54. The van der Waals surface area contributed by atoms with Crippen LogP contribution in [0.3, 0.4) is 0 Å². The van der Waals surface area contributed by atoms with Gasteiger partial charge in [0.1, 0.15) is 23.7 Å². The molecule has 1 heterocycles. The molecule has 27 heavy (non-hydrogen) atoms. The van der Waals surface area contributed by atoms with E-state index in [0.29, 0.717) is 18.7 Å². The maximum absolute atomic E-state index is 12.5. The number of halogens is 1. The van der Waals surface area contributed by atoms with Crippen LogP contribution in [0.2, 0.25) is 5.02 Å². The standard InChI is InChI=1S/C20H24ClNO5/c1-2-10-27-22-14-9-7-5-3-4-6-8-11-26-20(25)18-15(12-14)19(21)17(24)13-16(18)23/h4,6-7,9,13,23-24H,2-3,5,8,10-12H2,1H3/b6-4+,9-7+,22-14+. The van der Waals surface area contributed by atoms with Gasteiger partial charge in [-0.1, -0.05) is 41.9 Å². The van der Waals surface area contributed by atoms with E-state index in [2.05, 4.69) is 5.16 Å². The Bertz CT molecular complexity index is 755. The summed E-state index contributed by atoms with van der Waals surface area (Å²) in [6.45, 7) is 2.60. The molecule has 0 fully saturated rings. The van der Waals surface area contributed by atoms with E-state index in [4.69, 9.17) is 21.2 Å². The van der Waals surface area contributed by atoms with Crippen LogP contribution < -0.4 is 0 Å². The molecule has 1 aromatic carbocycles. The molecule has 0 radical (unpaired) electrons. The quantitative estimate of drug-likeness (QED) is 0.341. The summed E-state index contributed by atoms with van der Waals surface area (Å²) in [5.41, 5.74) is 0.691. The molecule has 0 aliphatic carbocycles. The number of allylic oxidation sites excluding steroid dienone is 3. The van der Waals surface area contributed by atoms with Crippen LogP contribution >= 0.6 is 11.6 Å². The molecule has 1 aliphatic heterocycles. The number of carbonyl (C=O) groups is 1. The van der Waals surface area contributed by atoms with E-state index in [0.717, 1.165) is 25.3 Å². The Balaban J connectivity index is 2.48. The van der Waals surface area contributed by atoms with E-state index in [9.17, 15) is 15.0 Å². The van der Waals surface area contributed by atoms with Crippen molar-refractivity contribution in [3.05, 3.63) is 46.5 Å². The predicted molar refractivity (Wildman–Crippen MR) is 105 cm³/mol. The van der Waals surface area contributed by atoms with Crippen molar-refractivity contribution in [2.45, 2.75) is 39.0 Å². The van der Waals surface area contributed by atoms with Gasteiger partial charge in [0.2, 0.25) is 0 Å². The number of cyclic esters (lactones) is 1. The molecule has 146 valence electrons. The lowest BCUT2D eigenvalue weighted by Gasteiger charge is -2.14. The van der Waals surface area contributed by atoms with E-state index in [-0.39, 0.29) is 34.9 Å². The minimum Gasteiger partial charge on any atom is -0.507 e. The Morgan fingerprint density at radius 1 is 1.19 bits per heavy atom. The normalized spacial score (nSPS) is 19.6. The Morgan fingerprint density at radius 2 is 1.93 bits per heavy atom. The van der Waals surface area contributed by atoms with Crippen molar-refractivity contribution in [3.63, 3.8) is 0 Å². The molecule has 0 amide bonds. The number of carbonyl (C=O) groups excluding carboxylic acids is 1. The Labute approximate surface area is 163 Å². The SMILES string of the molecule is CCCO/N=C1\C=C\CC/C=C/CCOC(=O)c2c(O)cc(O)c(Cl)c2C1. The molecule has 0 saturated heterocycles. The fraction of sp³-hybridized carbons (Fsp3) is 0.400. The van der Waals surface area contributed by atoms with E-state index in [1.165, 1.54) is 0 Å². The van der Waals surface area contributed by atoms with Crippen LogP contribution in [0.4, 0.5) is 0 Å². The van der Waals surface area contributed by atoms with Crippen molar-refractivity contribution < 1.29 is 24.6 Å². The van der Waals surface area contributed by atoms with Crippen molar-refractivity contribution >= 4 is 23.3 Å². The molecular weight excluding hydrogens is 370 g/mol. The van der Waals surface area contributed by atoms with Gasteiger partial charge in [-0.05, 0) is 37.3 Å². The number of hydrogen-bond acceptors (Lipinski definition) is 6. The van der Waals surface area contributed by atoms with Gasteiger partial charge in [0.15, 0.2) is 0 Å². The smallest absolute Gasteiger partial charge is 0.342 e. The third kappa shape index (κ3) is 6.03. The Kier molecular flexibility index (Phi) is 8.20. The number of fused-ring (bicyclic) bond motifs is 1. The second kappa shape index (κ2) is 10.6. The first kappa shape index (κ1) is 20.8. The monoisotopic (exact) mass is 393 g/mol. The minimum atomic E-state index is -0.701. The van der Waals surface area contributed by atoms with Gasteiger partial charge in [-0.25, -0.2) is 4.79 Å². The molecule has 2 rings (SSSR count).